The Balaban J connectivity index is 1.70. The van der Waals surface area contributed by atoms with Crippen LogP contribution in [0.3, 0.4) is 0 Å². The number of rotatable bonds is 4. The molecule has 0 radical (unpaired) electrons. The molecule has 0 N–H and O–H groups in total. The standard InChI is InChI=1S/C21H23F2NO2/c1-26-19-9-6-15(7-10-19)17-4-2-3-11-24(14-17)21(25)12-16-5-8-18(22)13-20(16)23/h5-10,13,17H,2-4,11-12,14H2,1H3. The molecule has 1 atom stereocenters. The zero-order valence-electron chi connectivity index (χ0n) is 14.9. The summed E-state index contributed by atoms with van der Waals surface area (Å²) < 4.78 is 32.1. The SMILES string of the molecule is COc1ccc(C2CCCCN(C(=O)Cc3ccc(F)cc3F)C2)cc1. The summed E-state index contributed by atoms with van der Waals surface area (Å²) in [5.41, 5.74) is 1.42. The molecule has 3 rings (SSSR count). The molecule has 0 spiro atoms. The predicted molar refractivity (Wildman–Crippen MR) is 96.2 cm³/mol. The van der Waals surface area contributed by atoms with E-state index in [2.05, 4.69) is 0 Å². The number of hydrogen-bond donors (Lipinski definition) is 0. The average molecular weight is 359 g/mol. The number of amides is 1. The van der Waals surface area contributed by atoms with E-state index >= 15 is 0 Å². The van der Waals surface area contributed by atoms with Gasteiger partial charge in [-0.05, 0) is 42.2 Å². The molecule has 1 unspecified atom stereocenters. The van der Waals surface area contributed by atoms with Crippen molar-refractivity contribution in [3.8, 4) is 5.75 Å². The lowest BCUT2D eigenvalue weighted by Gasteiger charge is -2.25. The summed E-state index contributed by atoms with van der Waals surface area (Å²) in [5, 5.41) is 0. The van der Waals surface area contributed by atoms with Crippen LogP contribution in [0.5, 0.6) is 5.75 Å². The van der Waals surface area contributed by atoms with Crippen molar-refractivity contribution in [2.45, 2.75) is 31.6 Å². The van der Waals surface area contributed by atoms with Gasteiger partial charge in [-0.25, -0.2) is 8.78 Å². The van der Waals surface area contributed by atoms with E-state index in [1.165, 1.54) is 17.7 Å². The van der Waals surface area contributed by atoms with Crippen LogP contribution in [0, 0.1) is 11.6 Å². The van der Waals surface area contributed by atoms with E-state index in [1.807, 2.05) is 29.2 Å². The maximum Gasteiger partial charge on any atom is 0.227 e. The van der Waals surface area contributed by atoms with E-state index in [0.717, 1.165) is 31.1 Å². The second kappa shape index (κ2) is 8.30. The molecule has 2 aromatic rings. The summed E-state index contributed by atoms with van der Waals surface area (Å²) in [6.45, 7) is 1.29. The Bertz CT molecular complexity index is 761. The fourth-order valence-corrected chi connectivity index (χ4v) is 3.46. The molecule has 1 aliphatic heterocycles. The van der Waals surface area contributed by atoms with Gasteiger partial charge in [0.2, 0.25) is 5.91 Å². The number of carbonyl (C=O) groups excluding carboxylic acids is 1. The van der Waals surface area contributed by atoms with Gasteiger partial charge in [-0.1, -0.05) is 24.6 Å². The minimum absolute atomic E-state index is 0.0402. The van der Waals surface area contributed by atoms with Gasteiger partial charge >= 0.3 is 0 Å². The molecule has 1 amide bonds. The van der Waals surface area contributed by atoms with Crippen molar-refractivity contribution in [2.75, 3.05) is 20.2 Å². The van der Waals surface area contributed by atoms with Gasteiger partial charge in [-0.3, -0.25) is 4.79 Å². The first-order valence-electron chi connectivity index (χ1n) is 8.92. The van der Waals surface area contributed by atoms with Crippen molar-refractivity contribution in [2.24, 2.45) is 0 Å². The molecule has 5 heteroatoms. The molecule has 0 bridgehead atoms. The zero-order chi connectivity index (χ0) is 18.5. The second-order valence-electron chi connectivity index (χ2n) is 6.72. The van der Waals surface area contributed by atoms with Crippen LogP contribution >= 0.6 is 0 Å². The smallest absolute Gasteiger partial charge is 0.227 e. The van der Waals surface area contributed by atoms with Crippen LogP contribution < -0.4 is 4.74 Å². The number of methoxy groups -OCH3 is 1. The van der Waals surface area contributed by atoms with Crippen LogP contribution in [0.1, 0.15) is 36.3 Å². The van der Waals surface area contributed by atoms with Gasteiger partial charge in [0.15, 0.2) is 0 Å². The van der Waals surface area contributed by atoms with Gasteiger partial charge in [0, 0.05) is 25.1 Å². The summed E-state index contributed by atoms with van der Waals surface area (Å²) in [6.07, 6.45) is 2.96. The van der Waals surface area contributed by atoms with Crippen LogP contribution in [0.4, 0.5) is 8.78 Å². The first-order valence-corrected chi connectivity index (χ1v) is 8.92. The van der Waals surface area contributed by atoms with Crippen molar-refractivity contribution in [3.05, 3.63) is 65.2 Å². The Kier molecular flexibility index (Phi) is 5.86. The summed E-state index contributed by atoms with van der Waals surface area (Å²) in [4.78, 5) is 14.5. The normalized spacial score (nSPS) is 17.7. The first kappa shape index (κ1) is 18.4. The maximum absolute atomic E-state index is 13.8. The highest BCUT2D eigenvalue weighted by atomic mass is 19.1. The van der Waals surface area contributed by atoms with E-state index in [4.69, 9.17) is 4.74 Å². The predicted octanol–water partition coefficient (Wildman–Crippen LogP) is 4.31. The minimum atomic E-state index is -0.667. The zero-order valence-corrected chi connectivity index (χ0v) is 14.9. The molecule has 0 aliphatic carbocycles. The summed E-state index contributed by atoms with van der Waals surface area (Å²) in [7, 11) is 1.63. The topological polar surface area (TPSA) is 29.5 Å². The van der Waals surface area contributed by atoms with E-state index in [-0.39, 0.29) is 23.8 Å². The Hall–Kier alpha value is -2.43. The van der Waals surface area contributed by atoms with Crippen molar-refractivity contribution >= 4 is 5.91 Å². The van der Waals surface area contributed by atoms with E-state index in [9.17, 15) is 13.6 Å². The lowest BCUT2D eigenvalue weighted by Crippen LogP contribution is -2.35. The fraction of sp³-hybridized carbons (Fsp3) is 0.381. The number of benzene rings is 2. The van der Waals surface area contributed by atoms with Crippen LogP contribution in [-0.4, -0.2) is 31.0 Å². The highest BCUT2D eigenvalue weighted by Gasteiger charge is 2.24. The third kappa shape index (κ3) is 4.40. The van der Waals surface area contributed by atoms with Crippen molar-refractivity contribution in [1.29, 1.82) is 0 Å². The molecule has 138 valence electrons. The largest absolute Gasteiger partial charge is 0.497 e. The van der Waals surface area contributed by atoms with Gasteiger partial charge in [0.1, 0.15) is 17.4 Å². The lowest BCUT2D eigenvalue weighted by atomic mass is 9.94. The van der Waals surface area contributed by atoms with Crippen LogP contribution in [0.25, 0.3) is 0 Å². The molecule has 1 saturated heterocycles. The Morgan fingerprint density at radius 2 is 1.92 bits per heavy atom. The van der Waals surface area contributed by atoms with Crippen molar-refractivity contribution in [3.63, 3.8) is 0 Å². The number of likely N-dealkylation sites (tertiary alicyclic amines) is 1. The Morgan fingerprint density at radius 1 is 1.15 bits per heavy atom. The highest BCUT2D eigenvalue weighted by Crippen LogP contribution is 2.28. The van der Waals surface area contributed by atoms with Crippen LogP contribution in [0.2, 0.25) is 0 Å². The highest BCUT2D eigenvalue weighted by molar-refractivity contribution is 5.79. The van der Waals surface area contributed by atoms with Crippen LogP contribution in [0.15, 0.2) is 42.5 Å². The van der Waals surface area contributed by atoms with E-state index in [0.29, 0.717) is 13.1 Å². The third-order valence-electron chi connectivity index (χ3n) is 4.97. The molecule has 2 aromatic carbocycles. The molecule has 1 fully saturated rings. The number of halogens is 2. The molecule has 1 heterocycles. The van der Waals surface area contributed by atoms with Gasteiger partial charge < -0.3 is 9.64 Å². The lowest BCUT2D eigenvalue weighted by molar-refractivity contribution is -0.130. The number of carbonyl (C=O) groups is 1. The maximum atomic E-state index is 13.8. The van der Waals surface area contributed by atoms with E-state index < -0.39 is 11.6 Å². The average Bonchev–Trinajstić information content (AvgIpc) is 2.90. The number of nitrogens with zero attached hydrogens (tertiary/aromatic N) is 1. The Labute approximate surface area is 152 Å². The van der Waals surface area contributed by atoms with Gasteiger partial charge in [0.05, 0.1) is 13.5 Å². The van der Waals surface area contributed by atoms with Gasteiger partial charge in [0.25, 0.3) is 0 Å². The molecule has 26 heavy (non-hydrogen) atoms. The molecule has 0 saturated carbocycles. The number of hydrogen-bond acceptors (Lipinski definition) is 2. The summed E-state index contributed by atoms with van der Waals surface area (Å²) in [6, 6.07) is 11.3. The van der Waals surface area contributed by atoms with Gasteiger partial charge in [-0.2, -0.15) is 0 Å². The van der Waals surface area contributed by atoms with Crippen LogP contribution in [-0.2, 0) is 11.2 Å². The molecule has 0 aromatic heterocycles. The number of ether oxygens (including phenoxy) is 1. The second-order valence-corrected chi connectivity index (χ2v) is 6.72. The molecule has 1 aliphatic rings. The summed E-state index contributed by atoms with van der Waals surface area (Å²) >= 11 is 0. The first-order chi connectivity index (χ1) is 12.6. The fourth-order valence-electron chi connectivity index (χ4n) is 3.46. The Morgan fingerprint density at radius 3 is 2.62 bits per heavy atom. The van der Waals surface area contributed by atoms with E-state index in [1.54, 1.807) is 7.11 Å². The molecular weight excluding hydrogens is 336 g/mol. The third-order valence-corrected chi connectivity index (χ3v) is 4.97. The van der Waals surface area contributed by atoms with Gasteiger partial charge in [-0.15, -0.1) is 0 Å². The summed E-state index contributed by atoms with van der Waals surface area (Å²) in [5.74, 6) is -0.351. The monoisotopic (exact) mass is 359 g/mol. The van der Waals surface area contributed by atoms with Crippen molar-refractivity contribution < 1.29 is 18.3 Å². The molecule has 3 nitrogen and oxygen atoms in total. The quantitative estimate of drug-likeness (QED) is 0.814. The van der Waals surface area contributed by atoms with Crippen molar-refractivity contribution in [1.82, 2.24) is 4.90 Å². The molecular formula is C21H23F2NO2. The minimum Gasteiger partial charge on any atom is -0.497 e.